The van der Waals surface area contributed by atoms with E-state index < -0.39 is 0 Å². The van der Waals surface area contributed by atoms with Gasteiger partial charge in [0.25, 0.3) is 0 Å². The first-order valence-corrected chi connectivity index (χ1v) is 8.96. The van der Waals surface area contributed by atoms with Crippen molar-refractivity contribution in [1.29, 1.82) is 0 Å². The highest BCUT2D eigenvalue weighted by Gasteiger charge is 2.20. The van der Waals surface area contributed by atoms with Gasteiger partial charge in [0.1, 0.15) is 12.4 Å². The van der Waals surface area contributed by atoms with E-state index in [1.165, 1.54) is 12.8 Å². The number of carbonyl (C=O) groups excluding carboxylic acids is 1. The van der Waals surface area contributed by atoms with E-state index in [1.807, 2.05) is 45.9 Å². The molecule has 0 aliphatic carbocycles. The fourth-order valence-electron chi connectivity index (χ4n) is 3.51. The van der Waals surface area contributed by atoms with Gasteiger partial charge in [-0.15, -0.1) is 0 Å². The van der Waals surface area contributed by atoms with Gasteiger partial charge in [0.05, 0.1) is 11.0 Å². The number of fused-ring (bicyclic) bond motifs is 1. The minimum atomic E-state index is 0.176. The molecule has 0 N–H and O–H groups in total. The van der Waals surface area contributed by atoms with Crippen molar-refractivity contribution < 1.29 is 4.79 Å². The van der Waals surface area contributed by atoms with Crippen molar-refractivity contribution in [2.24, 2.45) is 0 Å². The van der Waals surface area contributed by atoms with Gasteiger partial charge in [0, 0.05) is 31.0 Å². The number of amides is 1. The maximum Gasteiger partial charge on any atom is 0.242 e. The maximum absolute atomic E-state index is 12.9. The number of likely N-dealkylation sites (tertiary alicyclic amines) is 1. The lowest BCUT2D eigenvalue weighted by atomic mass is 10.2. The first kappa shape index (κ1) is 15.8. The molecule has 128 valence electrons. The summed E-state index contributed by atoms with van der Waals surface area (Å²) < 4.78 is 2.03. The van der Waals surface area contributed by atoms with E-state index in [2.05, 4.69) is 4.98 Å². The highest BCUT2D eigenvalue weighted by molar-refractivity contribution is 5.84. The quantitative estimate of drug-likeness (QED) is 0.736. The van der Waals surface area contributed by atoms with Crippen molar-refractivity contribution in [3.8, 4) is 11.4 Å². The lowest BCUT2D eigenvalue weighted by Crippen LogP contribution is -2.34. The first-order chi connectivity index (χ1) is 12.3. The number of pyridine rings is 1. The summed E-state index contributed by atoms with van der Waals surface area (Å²) in [5, 5.41) is 0. The molecule has 0 radical (unpaired) electrons. The van der Waals surface area contributed by atoms with Gasteiger partial charge in [-0.1, -0.05) is 25.0 Å². The maximum atomic E-state index is 12.9. The van der Waals surface area contributed by atoms with Gasteiger partial charge < -0.3 is 9.47 Å². The molecule has 1 fully saturated rings. The predicted octanol–water partition coefficient (Wildman–Crippen LogP) is 3.50. The smallest absolute Gasteiger partial charge is 0.242 e. The molecular formula is C20H22N4O. The van der Waals surface area contributed by atoms with Crippen molar-refractivity contribution in [3.05, 3.63) is 48.8 Å². The number of rotatable bonds is 3. The monoisotopic (exact) mass is 334 g/mol. The van der Waals surface area contributed by atoms with Crippen LogP contribution >= 0.6 is 0 Å². The Balaban J connectivity index is 1.71. The fourth-order valence-corrected chi connectivity index (χ4v) is 3.51. The number of aromatic nitrogens is 3. The standard InChI is InChI=1S/C20H22N4O/c25-19(23-12-5-1-2-6-13-23)15-24-18-10-4-3-9-17(18)22-20(24)16-8-7-11-21-14-16/h3-4,7-11,14H,1-2,5-6,12-13,15H2. The fraction of sp³-hybridized carbons (Fsp3) is 0.350. The Morgan fingerprint density at radius 2 is 1.80 bits per heavy atom. The molecule has 5 heteroatoms. The molecule has 5 nitrogen and oxygen atoms in total. The molecule has 3 aromatic rings. The molecule has 1 amide bonds. The van der Waals surface area contributed by atoms with Crippen molar-refractivity contribution in [2.75, 3.05) is 13.1 Å². The molecule has 0 spiro atoms. The molecule has 0 saturated carbocycles. The number of benzene rings is 1. The molecule has 1 aromatic carbocycles. The molecule has 0 bridgehead atoms. The van der Waals surface area contributed by atoms with E-state index in [9.17, 15) is 4.79 Å². The molecule has 1 saturated heterocycles. The largest absolute Gasteiger partial charge is 0.341 e. The van der Waals surface area contributed by atoms with Crippen molar-refractivity contribution in [1.82, 2.24) is 19.4 Å². The Labute approximate surface area is 147 Å². The number of carbonyl (C=O) groups is 1. The molecule has 3 heterocycles. The van der Waals surface area contributed by atoms with E-state index in [0.29, 0.717) is 6.54 Å². The van der Waals surface area contributed by atoms with Crippen LogP contribution in [0.1, 0.15) is 25.7 Å². The minimum Gasteiger partial charge on any atom is -0.341 e. The van der Waals surface area contributed by atoms with Gasteiger partial charge in [0.2, 0.25) is 5.91 Å². The van der Waals surface area contributed by atoms with Crippen LogP contribution in [0.3, 0.4) is 0 Å². The summed E-state index contributed by atoms with van der Waals surface area (Å²) in [5.41, 5.74) is 2.83. The zero-order valence-corrected chi connectivity index (χ0v) is 14.3. The normalized spacial score (nSPS) is 15.3. The summed E-state index contributed by atoms with van der Waals surface area (Å²) in [6.07, 6.45) is 8.20. The van der Waals surface area contributed by atoms with Gasteiger partial charge in [-0.2, -0.15) is 0 Å². The van der Waals surface area contributed by atoms with Crippen molar-refractivity contribution in [2.45, 2.75) is 32.2 Å². The summed E-state index contributed by atoms with van der Waals surface area (Å²) in [5.74, 6) is 0.979. The van der Waals surface area contributed by atoms with Crippen LogP contribution in [-0.4, -0.2) is 38.4 Å². The molecule has 2 aromatic heterocycles. The number of hydrogen-bond donors (Lipinski definition) is 0. The topological polar surface area (TPSA) is 51.0 Å². The Hall–Kier alpha value is -2.69. The molecule has 1 aliphatic rings. The Bertz CT molecular complexity index is 864. The number of imidazole rings is 1. The van der Waals surface area contributed by atoms with Crippen LogP contribution in [0.25, 0.3) is 22.4 Å². The van der Waals surface area contributed by atoms with E-state index in [-0.39, 0.29) is 5.91 Å². The SMILES string of the molecule is O=C(Cn1c(-c2cccnc2)nc2ccccc21)N1CCCCCC1. The van der Waals surface area contributed by atoms with Gasteiger partial charge in [0.15, 0.2) is 0 Å². The van der Waals surface area contributed by atoms with Crippen LogP contribution in [0.15, 0.2) is 48.8 Å². The van der Waals surface area contributed by atoms with Crippen LogP contribution in [0.2, 0.25) is 0 Å². The lowest BCUT2D eigenvalue weighted by molar-refractivity contribution is -0.131. The highest BCUT2D eigenvalue weighted by atomic mass is 16.2. The average Bonchev–Trinajstić information content (AvgIpc) is 2.83. The molecule has 1 aliphatic heterocycles. The predicted molar refractivity (Wildman–Crippen MR) is 98.0 cm³/mol. The third-order valence-corrected chi connectivity index (χ3v) is 4.83. The van der Waals surface area contributed by atoms with Crippen LogP contribution < -0.4 is 0 Å². The van der Waals surface area contributed by atoms with Crippen LogP contribution in [0.4, 0.5) is 0 Å². The zero-order chi connectivity index (χ0) is 17.1. The van der Waals surface area contributed by atoms with Crippen LogP contribution in [-0.2, 0) is 11.3 Å². The third kappa shape index (κ3) is 3.27. The van der Waals surface area contributed by atoms with Gasteiger partial charge in [-0.3, -0.25) is 9.78 Å². The molecular weight excluding hydrogens is 312 g/mol. The number of nitrogens with zero attached hydrogens (tertiary/aromatic N) is 4. The Morgan fingerprint density at radius 3 is 2.56 bits per heavy atom. The van der Waals surface area contributed by atoms with Crippen molar-refractivity contribution >= 4 is 16.9 Å². The Kier molecular flexibility index (Phi) is 4.46. The molecule has 0 atom stereocenters. The second kappa shape index (κ2) is 7.05. The van der Waals surface area contributed by atoms with E-state index in [1.54, 1.807) is 12.4 Å². The summed E-state index contributed by atoms with van der Waals surface area (Å²) >= 11 is 0. The summed E-state index contributed by atoms with van der Waals surface area (Å²) in [6.45, 7) is 2.06. The lowest BCUT2D eigenvalue weighted by Gasteiger charge is -2.21. The summed E-state index contributed by atoms with van der Waals surface area (Å²) in [4.78, 5) is 23.9. The number of para-hydroxylation sites is 2. The highest BCUT2D eigenvalue weighted by Crippen LogP contribution is 2.24. The number of hydrogen-bond acceptors (Lipinski definition) is 3. The van der Waals surface area contributed by atoms with E-state index >= 15 is 0 Å². The van der Waals surface area contributed by atoms with Crippen molar-refractivity contribution in [3.63, 3.8) is 0 Å². The van der Waals surface area contributed by atoms with Gasteiger partial charge in [-0.05, 0) is 37.1 Å². The minimum absolute atomic E-state index is 0.176. The van der Waals surface area contributed by atoms with Gasteiger partial charge in [-0.25, -0.2) is 4.98 Å². The molecule has 4 rings (SSSR count). The van der Waals surface area contributed by atoms with Crippen LogP contribution in [0, 0.1) is 0 Å². The second-order valence-electron chi connectivity index (χ2n) is 6.55. The third-order valence-electron chi connectivity index (χ3n) is 4.83. The van der Waals surface area contributed by atoms with E-state index in [4.69, 9.17) is 4.98 Å². The Morgan fingerprint density at radius 1 is 1.00 bits per heavy atom. The first-order valence-electron chi connectivity index (χ1n) is 8.96. The molecule has 25 heavy (non-hydrogen) atoms. The van der Waals surface area contributed by atoms with E-state index in [0.717, 1.165) is 48.4 Å². The second-order valence-corrected chi connectivity index (χ2v) is 6.55. The summed E-state index contributed by atoms with van der Waals surface area (Å²) in [6, 6.07) is 11.9. The zero-order valence-electron chi connectivity index (χ0n) is 14.3. The summed E-state index contributed by atoms with van der Waals surface area (Å²) in [7, 11) is 0. The van der Waals surface area contributed by atoms with Crippen LogP contribution in [0.5, 0.6) is 0 Å². The van der Waals surface area contributed by atoms with Gasteiger partial charge >= 0.3 is 0 Å². The average molecular weight is 334 g/mol. The molecule has 0 unspecified atom stereocenters.